The number of hydrogen-bond donors (Lipinski definition) is 1. The second-order valence-electron chi connectivity index (χ2n) is 6.45. The summed E-state index contributed by atoms with van der Waals surface area (Å²) in [7, 11) is 1.54. The molecular formula is C23H23N3O3. The van der Waals surface area contributed by atoms with Crippen LogP contribution in [0.4, 0.5) is 11.4 Å². The Morgan fingerprint density at radius 2 is 1.72 bits per heavy atom. The molecule has 0 aliphatic rings. The summed E-state index contributed by atoms with van der Waals surface area (Å²) < 4.78 is 5.30. The summed E-state index contributed by atoms with van der Waals surface area (Å²) in [5, 5.41) is 2.81. The molecule has 0 aliphatic carbocycles. The zero-order valence-electron chi connectivity index (χ0n) is 16.7. The fraction of sp³-hybridized carbons (Fsp3) is 0.174. The Bertz CT molecular complexity index is 1020. The Morgan fingerprint density at radius 1 is 1.00 bits per heavy atom. The molecule has 0 atom stereocenters. The van der Waals surface area contributed by atoms with Crippen molar-refractivity contribution in [3.63, 3.8) is 0 Å². The van der Waals surface area contributed by atoms with Crippen LogP contribution in [0.1, 0.15) is 33.5 Å². The highest BCUT2D eigenvalue weighted by Gasteiger charge is 2.19. The van der Waals surface area contributed by atoms with Crippen molar-refractivity contribution >= 4 is 23.2 Å². The summed E-state index contributed by atoms with van der Waals surface area (Å²) in [5.74, 6) is -0.120. The smallest absolute Gasteiger partial charge is 0.276 e. The molecule has 0 radical (unpaired) electrons. The predicted molar refractivity (Wildman–Crippen MR) is 114 cm³/mol. The van der Waals surface area contributed by atoms with Crippen LogP contribution in [-0.2, 0) is 0 Å². The Labute approximate surface area is 170 Å². The maximum Gasteiger partial charge on any atom is 0.276 e. The van der Waals surface area contributed by atoms with Crippen LogP contribution >= 0.6 is 0 Å². The molecule has 0 saturated heterocycles. The van der Waals surface area contributed by atoms with Crippen LogP contribution < -0.4 is 15.0 Å². The van der Waals surface area contributed by atoms with Gasteiger partial charge in [0.05, 0.1) is 12.8 Å². The van der Waals surface area contributed by atoms with Crippen LogP contribution in [0, 0.1) is 6.92 Å². The standard InChI is InChI=1S/C23H23N3O3/c1-4-26(17-9-6-5-7-10-17)23(28)19-12-8-11-18(24-19)22(27)25-20-15-16(2)13-14-21(20)29-3/h5-15H,4H2,1-3H3,(H,25,27). The number of amides is 2. The fourth-order valence-electron chi connectivity index (χ4n) is 2.98. The average Bonchev–Trinajstić information content (AvgIpc) is 2.75. The van der Waals surface area contributed by atoms with Crippen molar-refractivity contribution in [3.8, 4) is 5.75 Å². The molecule has 6 nitrogen and oxygen atoms in total. The molecule has 1 aromatic heterocycles. The molecule has 0 bridgehead atoms. The summed E-state index contributed by atoms with van der Waals surface area (Å²) in [5.41, 5.74) is 2.68. The first-order chi connectivity index (χ1) is 14.0. The SMILES string of the molecule is CCN(C(=O)c1cccc(C(=O)Nc2cc(C)ccc2OC)n1)c1ccccc1. The monoisotopic (exact) mass is 389 g/mol. The minimum absolute atomic E-state index is 0.156. The van der Waals surface area contributed by atoms with E-state index < -0.39 is 5.91 Å². The molecule has 0 fully saturated rings. The van der Waals surface area contributed by atoms with Gasteiger partial charge in [0, 0.05) is 12.2 Å². The van der Waals surface area contributed by atoms with E-state index in [1.807, 2.05) is 56.3 Å². The number of para-hydroxylation sites is 1. The van der Waals surface area contributed by atoms with Gasteiger partial charge in [-0.15, -0.1) is 0 Å². The number of methoxy groups -OCH3 is 1. The topological polar surface area (TPSA) is 71.5 Å². The number of benzene rings is 2. The molecule has 2 amide bonds. The third-order valence-corrected chi connectivity index (χ3v) is 4.43. The summed E-state index contributed by atoms with van der Waals surface area (Å²) >= 11 is 0. The number of nitrogens with zero attached hydrogens (tertiary/aromatic N) is 2. The summed E-state index contributed by atoms with van der Waals surface area (Å²) in [6, 6.07) is 19.7. The van der Waals surface area contributed by atoms with Crippen LogP contribution in [0.5, 0.6) is 5.75 Å². The van der Waals surface area contributed by atoms with Gasteiger partial charge in [0.1, 0.15) is 17.1 Å². The third kappa shape index (κ3) is 4.60. The van der Waals surface area contributed by atoms with E-state index >= 15 is 0 Å². The van der Waals surface area contributed by atoms with Crippen LogP contribution in [0.3, 0.4) is 0 Å². The van der Waals surface area contributed by atoms with Crippen LogP contribution in [0.25, 0.3) is 0 Å². The fourth-order valence-corrected chi connectivity index (χ4v) is 2.98. The number of aryl methyl sites for hydroxylation is 1. The number of aromatic nitrogens is 1. The predicted octanol–water partition coefficient (Wildman–Crippen LogP) is 4.32. The number of rotatable bonds is 6. The van der Waals surface area contributed by atoms with Gasteiger partial charge in [-0.25, -0.2) is 4.98 Å². The molecule has 3 rings (SSSR count). The Morgan fingerprint density at radius 3 is 2.41 bits per heavy atom. The van der Waals surface area contributed by atoms with Crippen LogP contribution in [0.15, 0.2) is 66.7 Å². The lowest BCUT2D eigenvalue weighted by molar-refractivity contribution is 0.0983. The molecular weight excluding hydrogens is 366 g/mol. The van der Waals surface area contributed by atoms with E-state index in [-0.39, 0.29) is 17.3 Å². The summed E-state index contributed by atoms with van der Waals surface area (Å²) in [4.78, 5) is 31.6. The Hall–Kier alpha value is -3.67. The zero-order chi connectivity index (χ0) is 20.8. The van der Waals surface area contributed by atoms with Crippen molar-refractivity contribution in [2.24, 2.45) is 0 Å². The molecule has 29 heavy (non-hydrogen) atoms. The van der Waals surface area contributed by atoms with Crippen molar-refractivity contribution in [2.75, 3.05) is 23.9 Å². The van der Waals surface area contributed by atoms with E-state index in [9.17, 15) is 9.59 Å². The number of hydrogen-bond acceptors (Lipinski definition) is 4. The quantitative estimate of drug-likeness (QED) is 0.682. The van der Waals surface area contributed by atoms with Gasteiger partial charge in [0.15, 0.2) is 0 Å². The molecule has 1 heterocycles. The van der Waals surface area contributed by atoms with E-state index in [1.165, 1.54) is 0 Å². The zero-order valence-corrected chi connectivity index (χ0v) is 16.7. The van der Waals surface area contributed by atoms with E-state index in [1.54, 1.807) is 36.3 Å². The third-order valence-electron chi connectivity index (χ3n) is 4.43. The molecule has 0 saturated carbocycles. The number of anilines is 2. The number of carbonyl (C=O) groups excluding carboxylic acids is 2. The van der Waals surface area contributed by atoms with E-state index in [2.05, 4.69) is 10.3 Å². The van der Waals surface area contributed by atoms with Gasteiger partial charge in [0.2, 0.25) is 0 Å². The highest BCUT2D eigenvalue weighted by atomic mass is 16.5. The minimum Gasteiger partial charge on any atom is -0.495 e. The van der Waals surface area contributed by atoms with Crippen LogP contribution in [-0.4, -0.2) is 30.5 Å². The first kappa shape index (κ1) is 20.1. The van der Waals surface area contributed by atoms with Crippen molar-refractivity contribution in [1.29, 1.82) is 0 Å². The normalized spacial score (nSPS) is 10.3. The van der Waals surface area contributed by atoms with Gasteiger partial charge in [-0.05, 0) is 55.8 Å². The second kappa shape index (κ2) is 9.01. The minimum atomic E-state index is -0.411. The van der Waals surface area contributed by atoms with Gasteiger partial charge in [-0.2, -0.15) is 0 Å². The van der Waals surface area contributed by atoms with Gasteiger partial charge in [0.25, 0.3) is 11.8 Å². The molecule has 148 valence electrons. The van der Waals surface area contributed by atoms with Gasteiger partial charge >= 0.3 is 0 Å². The molecule has 0 unspecified atom stereocenters. The van der Waals surface area contributed by atoms with Gasteiger partial charge in [-0.3, -0.25) is 9.59 Å². The lowest BCUT2D eigenvalue weighted by atomic mass is 10.2. The highest BCUT2D eigenvalue weighted by molar-refractivity contribution is 6.07. The Balaban J connectivity index is 1.84. The van der Waals surface area contributed by atoms with E-state index in [0.29, 0.717) is 18.0 Å². The first-order valence-corrected chi connectivity index (χ1v) is 9.33. The molecule has 2 aromatic carbocycles. The van der Waals surface area contributed by atoms with Crippen molar-refractivity contribution < 1.29 is 14.3 Å². The largest absolute Gasteiger partial charge is 0.495 e. The van der Waals surface area contributed by atoms with Gasteiger partial charge in [-0.1, -0.05) is 30.3 Å². The maximum atomic E-state index is 13.0. The number of pyridine rings is 1. The Kier molecular flexibility index (Phi) is 6.24. The average molecular weight is 389 g/mol. The molecule has 0 aliphatic heterocycles. The highest BCUT2D eigenvalue weighted by Crippen LogP contribution is 2.25. The number of carbonyl (C=O) groups is 2. The molecule has 0 spiro atoms. The summed E-state index contributed by atoms with van der Waals surface area (Å²) in [6.07, 6.45) is 0. The summed E-state index contributed by atoms with van der Waals surface area (Å²) in [6.45, 7) is 4.31. The number of nitrogens with one attached hydrogen (secondary N) is 1. The number of ether oxygens (including phenoxy) is 1. The van der Waals surface area contributed by atoms with E-state index in [0.717, 1.165) is 11.3 Å². The lowest BCUT2D eigenvalue weighted by Gasteiger charge is -2.20. The molecule has 1 N–H and O–H groups in total. The molecule has 6 heteroatoms. The maximum absolute atomic E-state index is 13.0. The molecule has 3 aromatic rings. The van der Waals surface area contributed by atoms with Crippen molar-refractivity contribution in [2.45, 2.75) is 13.8 Å². The van der Waals surface area contributed by atoms with E-state index in [4.69, 9.17) is 4.74 Å². The lowest BCUT2D eigenvalue weighted by Crippen LogP contribution is -2.31. The van der Waals surface area contributed by atoms with Crippen molar-refractivity contribution in [3.05, 3.63) is 83.7 Å². The van der Waals surface area contributed by atoms with Crippen molar-refractivity contribution in [1.82, 2.24) is 4.98 Å². The first-order valence-electron chi connectivity index (χ1n) is 9.33. The van der Waals surface area contributed by atoms with Gasteiger partial charge < -0.3 is 15.0 Å². The second-order valence-corrected chi connectivity index (χ2v) is 6.45. The van der Waals surface area contributed by atoms with Crippen LogP contribution in [0.2, 0.25) is 0 Å².